The number of ether oxygens (including phenoxy) is 1. The number of hydrogen-bond acceptors (Lipinski definition) is 3. The summed E-state index contributed by atoms with van der Waals surface area (Å²) in [7, 11) is 1.52. The highest BCUT2D eigenvalue weighted by atomic mass is 16.5. The standard InChI is InChI=1S/C21H30O3/c1-15-7-8-18-17(6-5-11-21(18,3)19(22)23-4)20(15,2)12-9-16-10-13-24-14-16/h6,10,13-15,18H,5,7-9,11-12H2,1-4H3. The minimum atomic E-state index is -0.365. The van der Waals surface area contributed by atoms with E-state index in [1.165, 1.54) is 24.7 Å². The highest BCUT2D eigenvalue weighted by molar-refractivity contribution is 5.77. The fraction of sp³-hybridized carbons (Fsp3) is 0.667. The number of methoxy groups -OCH3 is 1. The predicted octanol–water partition coefficient (Wildman–Crippen LogP) is 5.16. The average Bonchev–Trinajstić information content (AvgIpc) is 3.10. The summed E-state index contributed by atoms with van der Waals surface area (Å²) >= 11 is 0. The molecule has 0 aromatic carbocycles. The normalized spacial score (nSPS) is 35.9. The first kappa shape index (κ1) is 17.3. The molecule has 2 aliphatic rings. The summed E-state index contributed by atoms with van der Waals surface area (Å²) in [5.74, 6) is 0.918. The molecule has 0 spiro atoms. The number of fused-ring (bicyclic) bond motifs is 1. The van der Waals surface area contributed by atoms with Crippen molar-refractivity contribution in [3.8, 4) is 0 Å². The minimum Gasteiger partial charge on any atom is -0.472 e. The van der Waals surface area contributed by atoms with Gasteiger partial charge in [0.05, 0.1) is 25.1 Å². The zero-order valence-electron chi connectivity index (χ0n) is 15.4. The van der Waals surface area contributed by atoms with E-state index < -0.39 is 0 Å². The van der Waals surface area contributed by atoms with Crippen LogP contribution in [0.3, 0.4) is 0 Å². The Kier molecular flexibility index (Phi) is 4.63. The first-order valence-corrected chi connectivity index (χ1v) is 9.22. The van der Waals surface area contributed by atoms with Crippen LogP contribution in [0.15, 0.2) is 34.7 Å². The molecule has 1 fully saturated rings. The largest absolute Gasteiger partial charge is 0.472 e. The molecule has 1 heterocycles. The van der Waals surface area contributed by atoms with Crippen molar-refractivity contribution in [1.29, 1.82) is 0 Å². The highest BCUT2D eigenvalue weighted by Gasteiger charge is 2.52. The van der Waals surface area contributed by atoms with Crippen LogP contribution in [0.1, 0.15) is 58.4 Å². The second-order valence-electron chi connectivity index (χ2n) is 8.19. The van der Waals surface area contributed by atoms with E-state index in [-0.39, 0.29) is 16.8 Å². The van der Waals surface area contributed by atoms with Gasteiger partial charge in [-0.25, -0.2) is 0 Å². The lowest BCUT2D eigenvalue weighted by Crippen LogP contribution is -2.47. The first-order valence-electron chi connectivity index (χ1n) is 9.22. The van der Waals surface area contributed by atoms with E-state index in [1.54, 1.807) is 6.26 Å². The molecule has 4 atom stereocenters. The summed E-state index contributed by atoms with van der Waals surface area (Å²) in [4.78, 5) is 12.5. The van der Waals surface area contributed by atoms with E-state index in [4.69, 9.17) is 9.15 Å². The maximum absolute atomic E-state index is 12.5. The molecule has 0 N–H and O–H groups in total. The summed E-state index contributed by atoms with van der Waals surface area (Å²) in [6.45, 7) is 6.89. The predicted molar refractivity (Wildman–Crippen MR) is 94.5 cm³/mol. The van der Waals surface area contributed by atoms with Crippen LogP contribution in [0.5, 0.6) is 0 Å². The van der Waals surface area contributed by atoms with Gasteiger partial charge in [0, 0.05) is 0 Å². The van der Waals surface area contributed by atoms with Crippen molar-refractivity contribution in [2.24, 2.45) is 22.7 Å². The maximum Gasteiger partial charge on any atom is 0.312 e. The van der Waals surface area contributed by atoms with Gasteiger partial charge in [-0.05, 0) is 74.3 Å². The number of carbonyl (C=O) groups excluding carboxylic acids is 1. The second kappa shape index (κ2) is 6.42. The molecule has 24 heavy (non-hydrogen) atoms. The third kappa shape index (κ3) is 2.72. The quantitative estimate of drug-likeness (QED) is 0.565. The fourth-order valence-electron chi connectivity index (χ4n) is 5.02. The highest BCUT2D eigenvalue weighted by Crippen LogP contribution is 2.58. The SMILES string of the molecule is COC(=O)C1(C)CCC=C2C1CCC(C)C2(C)CCc1ccoc1. The van der Waals surface area contributed by atoms with Crippen LogP contribution in [0.4, 0.5) is 0 Å². The van der Waals surface area contributed by atoms with E-state index in [2.05, 4.69) is 32.9 Å². The number of carbonyl (C=O) groups is 1. The molecule has 1 aromatic rings. The third-order valence-corrected chi connectivity index (χ3v) is 6.97. The van der Waals surface area contributed by atoms with Gasteiger partial charge in [0.2, 0.25) is 0 Å². The Labute approximate surface area is 145 Å². The van der Waals surface area contributed by atoms with Crippen molar-refractivity contribution in [3.63, 3.8) is 0 Å². The molecule has 3 rings (SSSR count). The van der Waals surface area contributed by atoms with Crippen molar-refractivity contribution in [3.05, 3.63) is 35.8 Å². The fourth-order valence-corrected chi connectivity index (χ4v) is 5.02. The summed E-state index contributed by atoms with van der Waals surface area (Å²) in [5, 5.41) is 0. The summed E-state index contributed by atoms with van der Waals surface area (Å²) in [6.07, 6.45) is 12.3. The van der Waals surface area contributed by atoms with E-state index >= 15 is 0 Å². The molecule has 2 aliphatic carbocycles. The van der Waals surface area contributed by atoms with Crippen LogP contribution in [-0.2, 0) is 16.0 Å². The summed E-state index contributed by atoms with van der Waals surface area (Å²) < 4.78 is 10.4. The van der Waals surface area contributed by atoms with E-state index in [9.17, 15) is 4.79 Å². The van der Waals surface area contributed by atoms with E-state index in [1.807, 2.05) is 6.26 Å². The van der Waals surface area contributed by atoms with Crippen molar-refractivity contribution < 1.29 is 13.9 Å². The lowest BCUT2D eigenvalue weighted by Gasteiger charge is -2.52. The number of esters is 1. The average molecular weight is 330 g/mol. The number of hydrogen-bond donors (Lipinski definition) is 0. The maximum atomic E-state index is 12.5. The Hall–Kier alpha value is -1.51. The Bertz CT molecular complexity index is 615. The summed E-state index contributed by atoms with van der Waals surface area (Å²) in [6, 6.07) is 2.06. The van der Waals surface area contributed by atoms with Gasteiger partial charge in [-0.15, -0.1) is 0 Å². The van der Waals surface area contributed by atoms with Crippen LogP contribution in [0, 0.1) is 22.7 Å². The van der Waals surface area contributed by atoms with Crippen molar-refractivity contribution >= 4 is 5.97 Å². The van der Waals surface area contributed by atoms with Gasteiger partial charge in [0.25, 0.3) is 0 Å². The molecule has 4 unspecified atom stereocenters. The number of aryl methyl sites for hydroxylation is 1. The van der Waals surface area contributed by atoms with Crippen LogP contribution in [-0.4, -0.2) is 13.1 Å². The van der Waals surface area contributed by atoms with E-state index in [0.29, 0.717) is 11.8 Å². The molecule has 0 bridgehead atoms. The van der Waals surface area contributed by atoms with Crippen LogP contribution >= 0.6 is 0 Å². The van der Waals surface area contributed by atoms with Gasteiger partial charge in [-0.2, -0.15) is 0 Å². The van der Waals surface area contributed by atoms with Gasteiger partial charge in [0.15, 0.2) is 0 Å². The molecule has 3 nitrogen and oxygen atoms in total. The monoisotopic (exact) mass is 330 g/mol. The van der Waals surface area contributed by atoms with Gasteiger partial charge in [0.1, 0.15) is 0 Å². The Balaban J connectivity index is 1.88. The van der Waals surface area contributed by atoms with Gasteiger partial charge >= 0.3 is 5.97 Å². The number of allylic oxidation sites excluding steroid dienone is 2. The molecule has 0 radical (unpaired) electrons. The zero-order chi connectivity index (χ0) is 17.4. The van der Waals surface area contributed by atoms with Crippen LogP contribution in [0.2, 0.25) is 0 Å². The molecular formula is C21H30O3. The molecule has 132 valence electrons. The van der Waals surface area contributed by atoms with Crippen molar-refractivity contribution in [2.75, 3.05) is 7.11 Å². The molecule has 0 saturated heterocycles. The van der Waals surface area contributed by atoms with Crippen molar-refractivity contribution in [2.45, 2.75) is 59.3 Å². The first-order chi connectivity index (χ1) is 11.4. The van der Waals surface area contributed by atoms with Gasteiger partial charge in [-0.1, -0.05) is 25.5 Å². The second-order valence-corrected chi connectivity index (χ2v) is 8.19. The number of rotatable bonds is 4. The Morgan fingerprint density at radius 1 is 1.38 bits per heavy atom. The van der Waals surface area contributed by atoms with Crippen LogP contribution < -0.4 is 0 Å². The summed E-state index contributed by atoms with van der Waals surface area (Å²) in [5.41, 5.74) is 2.55. The van der Waals surface area contributed by atoms with Gasteiger partial charge < -0.3 is 9.15 Å². The van der Waals surface area contributed by atoms with E-state index in [0.717, 1.165) is 32.1 Å². The topological polar surface area (TPSA) is 39.4 Å². The smallest absolute Gasteiger partial charge is 0.312 e. The Morgan fingerprint density at radius 3 is 2.83 bits per heavy atom. The Morgan fingerprint density at radius 2 is 2.17 bits per heavy atom. The molecule has 0 aliphatic heterocycles. The minimum absolute atomic E-state index is 0.0372. The lowest BCUT2D eigenvalue weighted by atomic mass is 9.51. The molecule has 3 heteroatoms. The van der Waals surface area contributed by atoms with Crippen molar-refractivity contribution in [1.82, 2.24) is 0 Å². The lowest BCUT2D eigenvalue weighted by molar-refractivity contribution is -0.156. The molecule has 1 saturated carbocycles. The van der Waals surface area contributed by atoms with Gasteiger partial charge in [-0.3, -0.25) is 4.79 Å². The molecular weight excluding hydrogens is 300 g/mol. The third-order valence-electron chi connectivity index (χ3n) is 6.97. The number of furan rings is 1. The molecule has 0 amide bonds. The molecule has 1 aromatic heterocycles. The van der Waals surface area contributed by atoms with Crippen LogP contribution in [0.25, 0.3) is 0 Å². The zero-order valence-corrected chi connectivity index (χ0v) is 15.4.